The molecule has 8 N–H and O–H groups in total. The SMILES string of the molecule is COc1cc(C(Nc2ccc(C(=N)N)cc2)c2nn(-c3nc[nH]c3C(=O)O)c(=O)[nH]2)c(F)c2c1OCCO2.O=C(O)C(F)(F)F. The maximum Gasteiger partial charge on any atom is 0.490 e. The first-order chi connectivity index (χ1) is 21.2. The van der Waals surface area contributed by atoms with Gasteiger partial charge in [0.1, 0.15) is 25.1 Å². The number of carboxylic acid groups (broad SMARTS) is 2. The number of halogens is 4. The summed E-state index contributed by atoms with van der Waals surface area (Å²) < 4.78 is 64.8. The molecular formula is C25H22F4N8O8. The van der Waals surface area contributed by atoms with Gasteiger partial charge < -0.3 is 40.5 Å². The van der Waals surface area contributed by atoms with Crippen LogP contribution in [0.4, 0.5) is 23.2 Å². The van der Waals surface area contributed by atoms with Gasteiger partial charge in [-0.05, 0) is 30.3 Å². The lowest BCUT2D eigenvalue weighted by Gasteiger charge is -2.25. The predicted octanol–water partition coefficient (Wildman–Crippen LogP) is 2.02. The van der Waals surface area contributed by atoms with Crippen LogP contribution in [0.3, 0.4) is 0 Å². The minimum atomic E-state index is -5.08. The van der Waals surface area contributed by atoms with E-state index in [1.54, 1.807) is 24.3 Å². The summed E-state index contributed by atoms with van der Waals surface area (Å²) in [6.45, 7) is 0.323. The van der Waals surface area contributed by atoms with Gasteiger partial charge in [0, 0.05) is 16.8 Å². The van der Waals surface area contributed by atoms with Crippen LogP contribution in [0.2, 0.25) is 0 Å². The minimum Gasteiger partial charge on any atom is -0.493 e. The number of ether oxygens (including phenoxy) is 3. The normalized spacial score (nSPS) is 12.8. The van der Waals surface area contributed by atoms with Gasteiger partial charge in [-0.2, -0.15) is 17.9 Å². The monoisotopic (exact) mass is 638 g/mol. The summed E-state index contributed by atoms with van der Waals surface area (Å²) in [4.78, 5) is 42.1. The second-order valence-electron chi connectivity index (χ2n) is 8.84. The van der Waals surface area contributed by atoms with Crippen LogP contribution < -0.4 is 31.0 Å². The molecule has 1 unspecified atom stereocenters. The first-order valence-electron chi connectivity index (χ1n) is 12.4. The van der Waals surface area contributed by atoms with Crippen LogP contribution in [0.1, 0.15) is 33.5 Å². The van der Waals surface area contributed by atoms with Crippen molar-refractivity contribution in [3.05, 3.63) is 75.6 Å². The highest BCUT2D eigenvalue weighted by Crippen LogP contribution is 2.45. The first kappa shape index (κ1) is 31.8. The first-order valence-corrected chi connectivity index (χ1v) is 12.4. The van der Waals surface area contributed by atoms with E-state index < -0.39 is 35.7 Å². The molecule has 2 aromatic heterocycles. The molecule has 1 aliphatic rings. The minimum absolute atomic E-state index is 0.0110. The Labute approximate surface area is 247 Å². The van der Waals surface area contributed by atoms with Crippen LogP contribution in [-0.2, 0) is 4.79 Å². The molecule has 0 spiro atoms. The molecule has 5 rings (SSSR count). The molecule has 4 aromatic rings. The van der Waals surface area contributed by atoms with Gasteiger partial charge >= 0.3 is 23.8 Å². The number of amidine groups is 1. The fourth-order valence-corrected chi connectivity index (χ4v) is 3.95. The Morgan fingerprint density at radius 3 is 2.36 bits per heavy atom. The van der Waals surface area contributed by atoms with Gasteiger partial charge in [0.2, 0.25) is 11.5 Å². The summed E-state index contributed by atoms with van der Waals surface area (Å²) in [6, 6.07) is 6.66. The van der Waals surface area contributed by atoms with Crippen molar-refractivity contribution in [3.63, 3.8) is 0 Å². The van der Waals surface area contributed by atoms with Crippen molar-refractivity contribution in [2.75, 3.05) is 25.6 Å². The molecule has 1 atom stereocenters. The summed E-state index contributed by atoms with van der Waals surface area (Å²) in [5.41, 5.74) is 5.29. The summed E-state index contributed by atoms with van der Waals surface area (Å²) >= 11 is 0. The Bertz CT molecular complexity index is 1800. The van der Waals surface area contributed by atoms with E-state index in [1.807, 2.05) is 0 Å². The third-order valence-electron chi connectivity index (χ3n) is 5.97. The summed E-state index contributed by atoms with van der Waals surface area (Å²) in [7, 11) is 1.39. The number of benzene rings is 2. The zero-order valence-corrected chi connectivity index (χ0v) is 22.7. The van der Waals surface area contributed by atoms with Gasteiger partial charge in [-0.1, -0.05) is 0 Å². The average molecular weight is 638 g/mol. The number of nitrogens with two attached hydrogens (primary N) is 1. The number of aliphatic carboxylic acids is 1. The van der Waals surface area contributed by atoms with Gasteiger partial charge in [-0.3, -0.25) is 10.4 Å². The van der Waals surface area contributed by atoms with Gasteiger partial charge in [0.05, 0.1) is 13.4 Å². The standard InChI is InChI=1S/C23H21FN8O6.C2HF3O2/c1-36-13-8-12(14(24)18-17(13)37-6-7-38-18)15(29-11-4-2-10(3-5-11)19(25)26)20-30-23(35)32(31-20)21-16(22(33)34)27-9-28-21;3-2(4,5)1(6)7/h2-5,8-9,15,29H,6-7H2,1H3,(H3,25,26)(H,27,28)(H,33,34)(H,30,31,35);(H,6,7). The summed E-state index contributed by atoms with van der Waals surface area (Å²) in [5, 5.41) is 31.5. The molecular weight excluding hydrogens is 616 g/mol. The summed E-state index contributed by atoms with van der Waals surface area (Å²) in [5.74, 6) is -5.21. The number of nitrogens with zero attached hydrogens (tertiary/aromatic N) is 3. The number of anilines is 1. The number of rotatable bonds is 8. The maximum absolute atomic E-state index is 15.9. The molecule has 3 heterocycles. The van der Waals surface area contributed by atoms with E-state index in [1.165, 1.54) is 13.2 Å². The molecule has 16 nitrogen and oxygen atoms in total. The molecule has 0 fully saturated rings. The second kappa shape index (κ2) is 12.7. The molecule has 1 aliphatic heterocycles. The highest BCUT2D eigenvalue weighted by atomic mass is 19.4. The van der Waals surface area contributed by atoms with Crippen LogP contribution in [0.15, 0.2) is 41.5 Å². The van der Waals surface area contributed by atoms with Gasteiger partial charge in [0.25, 0.3) is 0 Å². The van der Waals surface area contributed by atoms with E-state index in [0.29, 0.717) is 11.3 Å². The number of alkyl halides is 3. The Kier molecular flexibility index (Phi) is 8.95. The van der Waals surface area contributed by atoms with Crippen molar-refractivity contribution in [1.82, 2.24) is 24.7 Å². The van der Waals surface area contributed by atoms with Crippen LogP contribution in [-0.4, -0.2) is 79.2 Å². The molecule has 0 radical (unpaired) electrons. The van der Waals surface area contributed by atoms with Crippen LogP contribution in [0, 0.1) is 11.2 Å². The van der Waals surface area contributed by atoms with Crippen LogP contribution in [0.5, 0.6) is 17.2 Å². The summed E-state index contributed by atoms with van der Waals surface area (Å²) in [6.07, 6.45) is -3.97. The molecule has 20 heteroatoms. The van der Waals surface area contributed by atoms with Crippen molar-refractivity contribution in [3.8, 4) is 23.1 Å². The number of H-pyrrole nitrogens is 2. The largest absolute Gasteiger partial charge is 0.493 e. The fourth-order valence-electron chi connectivity index (χ4n) is 3.95. The number of methoxy groups -OCH3 is 1. The molecule has 0 amide bonds. The van der Waals surface area contributed by atoms with Gasteiger partial charge in [-0.25, -0.2) is 23.8 Å². The Balaban J connectivity index is 0.000000591. The lowest BCUT2D eigenvalue weighted by molar-refractivity contribution is -0.192. The van der Waals surface area contributed by atoms with Gasteiger partial charge in [-0.15, -0.1) is 5.10 Å². The second-order valence-corrected chi connectivity index (χ2v) is 8.84. The number of aromatic amines is 2. The Morgan fingerprint density at radius 2 is 1.80 bits per heavy atom. The number of hydrogen-bond donors (Lipinski definition) is 7. The highest BCUT2D eigenvalue weighted by Gasteiger charge is 2.38. The highest BCUT2D eigenvalue weighted by molar-refractivity contribution is 5.95. The Morgan fingerprint density at radius 1 is 1.18 bits per heavy atom. The van der Waals surface area contributed by atoms with E-state index >= 15 is 4.39 Å². The van der Waals surface area contributed by atoms with E-state index in [4.69, 9.17) is 35.3 Å². The number of nitrogens with one attached hydrogen (secondary N) is 4. The molecule has 0 bridgehead atoms. The number of hydrogen-bond acceptors (Lipinski definition) is 10. The predicted molar refractivity (Wildman–Crippen MR) is 144 cm³/mol. The fraction of sp³-hybridized carbons (Fsp3) is 0.200. The number of nitrogen functional groups attached to an aromatic ring is 1. The Hall–Kier alpha value is -6.08. The van der Waals surface area contributed by atoms with Crippen molar-refractivity contribution < 1.29 is 51.6 Å². The van der Waals surface area contributed by atoms with E-state index in [0.717, 1.165) is 11.0 Å². The number of aromatic carboxylic acids is 1. The van der Waals surface area contributed by atoms with Crippen molar-refractivity contribution in [1.29, 1.82) is 5.41 Å². The number of fused-ring (bicyclic) bond motifs is 1. The van der Waals surface area contributed by atoms with Crippen LogP contribution >= 0.6 is 0 Å². The zero-order chi connectivity index (χ0) is 33.1. The zero-order valence-electron chi connectivity index (χ0n) is 22.7. The molecule has 0 saturated carbocycles. The van der Waals surface area contributed by atoms with Crippen molar-refractivity contribution >= 4 is 23.5 Å². The molecule has 238 valence electrons. The molecule has 45 heavy (non-hydrogen) atoms. The number of aromatic nitrogens is 5. The third-order valence-corrected chi connectivity index (χ3v) is 5.97. The third kappa shape index (κ3) is 6.78. The number of carbonyl (C=O) groups is 2. The molecule has 0 saturated heterocycles. The quantitative estimate of drug-likeness (QED) is 0.0833. The number of carboxylic acids is 2. The van der Waals surface area contributed by atoms with Crippen LogP contribution in [0.25, 0.3) is 5.82 Å². The topological polar surface area (TPSA) is 244 Å². The molecule has 0 aliphatic carbocycles. The molecule has 2 aromatic carbocycles. The maximum atomic E-state index is 15.9. The smallest absolute Gasteiger partial charge is 0.490 e. The average Bonchev–Trinajstić information content (AvgIpc) is 3.63. The van der Waals surface area contributed by atoms with Crippen molar-refractivity contribution in [2.24, 2.45) is 5.73 Å². The van der Waals surface area contributed by atoms with E-state index in [9.17, 15) is 27.9 Å². The van der Waals surface area contributed by atoms with Gasteiger partial charge in [0.15, 0.2) is 28.9 Å². The lowest BCUT2D eigenvalue weighted by atomic mass is 10.0. The van der Waals surface area contributed by atoms with Crippen molar-refractivity contribution in [2.45, 2.75) is 12.2 Å². The number of imidazole rings is 1. The van der Waals surface area contributed by atoms with E-state index in [2.05, 4.69) is 25.4 Å². The lowest BCUT2D eigenvalue weighted by Crippen LogP contribution is -2.21. The van der Waals surface area contributed by atoms with E-state index in [-0.39, 0.29) is 59.2 Å².